The normalized spacial score (nSPS) is 18.3. The Labute approximate surface area is 148 Å². The molecule has 1 saturated heterocycles. The van der Waals surface area contributed by atoms with E-state index in [9.17, 15) is 4.79 Å². The van der Waals surface area contributed by atoms with Crippen molar-refractivity contribution in [2.24, 2.45) is 7.05 Å². The Morgan fingerprint density at radius 3 is 2.76 bits per heavy atom. The molecule has 0 saturated carbocycles. The molecule has 3 heterocycles. The molecule has 0 bridgehead atoms. The van der Waals surface area contributed by atoms with Crippen LogP contribution in [0.1, 0.15) is 47.9 Å². The Kier molecular flexibility index (Phi) is 4.26. The summed E-state index contributed by atoms with van der Waals surface area (Å²) in [4.78, 5) is 19.9. The van der Waals surface area contributed by atoms with Gasteiger partial charge >= 0.3 is 0 Å². The van der Waals surface area contributed by atoms with Crippen LogP contribution in [0.25, 0.3) is 10.9 Å². The predicted octanol–water partition coefficient (Wildman–Crippen LogP) is 4.33. The largest absolute Gasteiger partial charge is 0.353 e. The van der Waals surface area contributed by atoms with E-state index in [2.05, 4.69) is 34.9 Å². The third-order valence-electron chi connectivity index (χ3n) is 5.16. The van der Waals surface area contributed by atoms with Crippen molar-refractivity contribution in [1.82, 2.24) is 14.5 Å². The second-order valence-electron chi connectivity index (χ2n) is 6.80. The number of nitrogens with zero attached hydrogens (tertiary/aromatic N) is 3. The van der Waals surface area contributed by atoms with Crippen LogP contribution in [0.4, 0.5) is 0 Å². The fraction of sp³-hybridized carbons (Fsp3) is 0.333. The zero-order chi connectivity index (χ0) is 17.2. The third-order valence-corrected chi connectivity index (χ3v) is 5.16. The second kappa shape index (κ2) is 6.71. The number of pyridine rings is 1. The molecule has 0 N–H and O–H groups in total. The van der Waals surface area contributed by atoms with Gasteiger partial charge in [0, 0.05) is 30.9 Å². The van der Waals surface area contributed by atoms with Gasteiger partial charge in [0.2, 0.25) is 0 Å². The van der Waals surface area contributed by atoms with Crippen molar-refractivity contribution >= 4 is 16.8 Å². The maximum atomic E-state index is 13.3. The standard InChI is InChI=1S/C21H23N3O/c1-23-14-7-11-19(23)20-10-3-2-6-15-24(20)21(25)18-13-12-16-8-4-5-9-17(16)22-18/h4-5,7-9,11-14,20H,2-3,6,10,15H2,1H3. The Hall–Kier alpha value is -2.62. The topological polar surface area (TPSA) is 38.1 Å². The van der Waals surface area contributed by atoms with Gasteiger partial charge < -0.3 is 9.47 Å². The van der Waals surface area contributed by atoms with Crippen LogP contribution in [-0.4, -0.2) is 26.9 Å². The quantitative estimate of drug-likeness (QED) is 0.700. The Morgan fingerprint density at radius 2 is 1.92 bits per heavy atom. The molecule has 1 aliphatic rings. The van der Waals surface area contributed by atoms with Crippen LogP contribution in [0.15, 0.2) is 54.7 Å². The van der Waals surface area contributed by atoms with E-state index < -0.39 is 0 Å². The summed E-state index contributed by atoms with van der Waals surface area (Å²) < 4.78 is 2.13. The highest BCUT2D eigenvalue weighted by Gasteiger charge is 2.29. The first-order valence-electron chi connectivity index (χ1n) is 9.02. The van der Waals surface area contributed by atoms with Crippen molar-refractivity contribution < 1.29 is 4.79 Å². The van der Waals surface area contributed by atoms with Crippen molar-refractivity contribution in [3.8, 4) is 0 Å². The third kappa shape index (κ3) is 3.04. The number of carbonyl (C=O) groups excluding carboxylic acids is 1. The number of carbonyl (C=O) groups is 1. The maximum absolute atomic E-state index is 13.3. The monoisotopic (exact) mass is 333 g/mol. The Balaban J connectivity index is 1.70. The number of benzene rings is 1. The number of hydrogen-bond acceptors (Lipinski definition) is 2. The van der Waals surface area contributed by atoms with Gasteiger partial charge in [-0.3, -0.25) is 4.79 Å². The van der Waals surface area contributed by atoms with Crippen LogP contribution < -0.4 is 0 Å². The minimum Gasteiger partial charge on any atom is -0.353 e. The summed E-state index contributed by atoms with van der Waals surface area (Å²) in [6.07, 6.45) is 6.45. The molecule has 0 radical (unpaired) electrons. The first kappa shape index (κ1) is 15.9. The van der Waals surface area contributed by atoms with Crippen molar-refractivity contribution in [3.05, 3.63) is 66.1 Å². The van der Waals surface area contributed by atoms with Crippen LogP contribution in [0.2, 0.25) is 0 Å². The number of para-hydroxylation sites is 1. The van der Waals surface area contributed by atoms with E-state index in [1.807, 2.05) is 41.3 Å². The summed E-state index contributed by atoms with van der Waals surface area (Å²) in [6.45, 7) is 0.795. The van der Waals surface area contributed by atoms with E-state index in [1.165, 1.54) is 12.1 Å². The highest BCUT2D eigenvalue weighted by molar-refractivity contribution is 5.95. The molecule has 128 valence electrons. The molecule has 1 amide bonds. The van der Waals surface area contributed by atoms with Gasteiger partial charge in [-0.15, -0.1) is 0 Å². The van der Waals surface area contributed by atoms with Crippen LogP contribution >= 0.6 is 0 Å². The molecule has 2 aromatic heterocycles. The summed E-state index contributed by atoms with van der Waals surface area (Å²) >= 11 is 0. The molecular weight excluding hydrogens is 310 g/mol. The lowest BCUT2D eigenvalue weighted by Crippen LogP contribution is -2.36. The highest BCUT2D eigenvalue weighted by atomic mass is 16.2. The highest BCUT2D eigenvalue weighted by Crippen LogP contribution is 2.31. The van der Waals surface area contributed by atoms with Crippen LogP contribution in [-0.2, 0) is 7.05 Å². The Bertz CT molecular complexity index is 899. The van der Waals surface area contributed by atoms with E-state index in [0.717, 1.165) is 36.7 Å². The number of fused-ring (bicyclic) bond motifs is 1. The predicted molar refractivity (Wildman–Crippen MR) is 99.4 cm³/mol. The minimum atomic E-state index is 0.0406. The zero-order valence-electron chi connectivity index (χ0n) is 14.6. The second-order valence-corrected chi connectivity index (χ2v) is 6.80. The first-order chi connectivity index (χ1) is 12.2. The van der Waals surface area contributed by atoms with Crippen molar-refractivity contribution in [1.29, 1.82) is 0 Å². The number of likely N-dealkylation sites (tertiary alicyclic amines) is 1. The number of aromatic nitrogens is 2. The summed E-state index contributed by atoms with van der Waals surface area (Å²) in [5.74, 6) is 0.0406. The van der Waals surface area contributed by atoms with E-state index in [-0.39, 0.29) is 11.9 Å². The van der Waals surface area contributed by atoms with Gasteiger partial charge in [0.1, 0.15) is 5.69 Å². The lowest BCUT2D eigenvalue weighted by molar-refractivity contribution is 0.0669. The number of amides is 1. The van der Waals surface area contributed by atoms with Crippen molar-refractivity contribution in [2.45, 2.75) is 31.7 Å². The van der Waals surface area contributed by atoms with Crippen LogP contribution in [0.5, 0.6) is 0 Å². The van der Waals surface area contributed by atoms with E-state index in [0.29, 0.717) is 5.69 Å². The van der Waals surface area contributed by atoms with Gasteiger partial charge in [0.15, 0.2) is 0 Å². The lowest BCUT2D eigenvalue weighted by atomic mass is 10.1. The zero-order valence-corrected chi connectivity index (χ0v) is 14.6. The SMILES string of the molecule is Cn1cccc1C1CCCCCN1C(=O)c1ccc2ccccc2n1. The number of aryl methyl sites for hydroxylation is 1. The molecule has 1 aromatic carbocycles. The molecule has 25 heavy (non-hydrogen) atoms. The fourth-order valence-electron chi connectivity index (χ4n) is 3.81. The number of hydrogen-bond donors (Lipinski definition) is 0. The maximum Gasteiger partial charge on any atom is 0.273 e. The molecule has 0 aliphatic carbocycles. The van der Waals surface area contributed by atoms with Gasteiger partial charge in [-0.05, 0) is 37.1 Å². The van der Waals surface area contributed by atoms with Crippen molar-refractivity contribution in [3.63, 3.8) is 0 Å². The van der Waals surface area contributed by atoms with Crippen LogP contribution in [0.3, 0.4) is 0 Å². The summed E-state index contributed by atoms with van der Waals surface area (Å²) in [7, 11) is 2.05. The smallest absolute Gasteiger partial charge is 0.273 e. The van der Waals surface area contributed by atoms with E-state index >= 15 is 0 Å². The summed E-state index contributed by atoms with van der Waals surface area (Å²) in [6, 6.07) is 16.1. The number of rotatable bonds is 2. The summed E-state index contributed by atoms with van der Waals surface area (Å²) in [5, 5.41) is 1.06. The van der Waals surface area contributed by atoms with Gasteiger partial charge in [0.25, 0.3) is 5.91 Å². The Morgan fingerprint density at radius 1 is 1.04 bits per heavy atom. The average Bonchev–Trinajstić information content (AvgIpc) is 2.92. The van der Waals surface area contributed by atoms with E-state index in [1.54, 1.807) is 0 Å². The average molecular weight is 333 g/mol. The summed E-state index contributed by atoms with van der Waals surface area (Å²) in [5.41, 5.74) is 2.62. The lowest BCUT2D eigenvalue weighted by Gasteiger charge is -2.30. The van der Waals surface area contributed by atoms with Gasteiger partial charge in [0.05, 0.1) is 11.6 Å². The van der Waals surface area contributed by atoms with Crippen LogP contribution in [0, 0.1) is 0 Å². The van der Waals surface area contributed by atoms with Gasteiger partial charge in [-0.25, -0.2) is 4.98 Å². The first-order valence-corrected chi connectivity index (χ1v) is 9.02. The molecular formula is C21H23N3O. The molecule has 1 fully saturated rings. The van der Waals surface area contributed by atoms with Crippen molar-refractivity contribution in [2.75, 3.05) is 6.54 Å². The molecule has 4 nitrogen and oxygen atoms in total. The molecule has 0 spiro atoms. The molecule has 1 aliphatic heterocycles. The van der Waals surface area contributed by atoms with E-state index in [4.69, 9.17) is 0 Å². The molecule has 1 atom stereocenters. The fourth-order valence-corrected chi connectivity index (χ4v) is 3.81. The molecule has 4 heteroatoms. The molecule has 3 aromatic rings. The van der Waals surface area contributed by atoms with Gasteiger partial charge in [-0.1, -0.05) is 37.1 Å². The van der Waals surface area contributed by atoms with Gasteiger partial charge in [-0.2, -0.15) is 0 Å². The molecule has 4 rings (SSSR count). The molecule has 1 unspecified atom stereocenters. The minimum absolute atomic E-state index is 0.0406.